The number of thiazole rings is 1. The van der Waals surface area contributed by atoms with Gasteiger partial charge in [-0.3, -0.25) is 4.79 Å². The highest BCUT2D eigenvalue weighted by atomic mass is 32.2. The Bertz CT molecular complexity index is 1140. The number of phenols is 1. The lowest BCUT2D eigenvalue weighted by Gasteiger charge is -2.19. The Balaban J connectivity index is 1.84. The molecule has 0 aliphatic carbocycles. The number of anilines is 1. The molecule has 0 bridgehead atoms. The molecule has 2 N–H and O–H groups in total. The molecule has 0 saturated heterocycles. The lowest BCUT2D eigenvalue weighted by molar-refractivity contribution is 0.102. The van der Waals surface area contributed by atoms with Crippen molar-refractivity contribution < 1.29 is 18.3 Å². The van der Waals surface area contributed by atoms with Crippen molar-refractivity contribution in [2.45, 2.75) is 29.4 Å². The van der Waals surface area contributed by atoms with Gasteiger partial charge in [0.1, 0.15) is 5.75 Å². The highest BCUT2D eigenvalue weighted by Gasteiger charge is 2.23. The molecule has 0 saturated carbocycles. The number of aromatic hydroxyl groups is 1. The lowest BCUT2D eigenvalue weighted by Crippen LogP contribution is -2.30. The predicted molar refractivity (Wildman–Crippen MR) is 124 cm³/mol. The molecule has 1 amide bonds. The molecule has 7 nitrogen and oxygen atoms in total. The van der Waals surface area contributed by atoms with Crippen LogP contribution in [0.4, 0.5) is 5.69 Å². The van der Waals surface area contributed by atoms with Crippen molar-refractivity contribution in [3.05, 3.63) is 64.6 Å². The molecule has 0 atom stereocenters. The number of carbonyl (C=O) groups is 1. The van der Waals surface area contributed by atoms with Gasteiger partial charge in [-0.2, -0.15) is 4.31 Å². The molecule has 2 aromatic carbocycles. The fraction of sp³-hybridized carbons (Fsp3) is 0.238. The summed E-state index contributed by atoms with van der Waals surface area (Å²) < 4.78 is 26.9. The topological polar surface area (TPSA) is 99.6 Å². The molecule has 164 valence electrons. The zero-order valence-corrected chi connectivity index (χ0v) is 19.6. The van der Waals surface area contributed by atoms with Gasteiger partial charge in [-0.15, -0.1) is 23.1 Å². The second-order valence-corrected chi connectivity index (χ2v) is 10.2. The fourth-order valence-corrected chi connectivity index (χ4v) is 6.02. The third kappa shape index (κ3) is 5.45. The van der Waals surface area contributed by atoms with Gasteiger partial charge in [-0.25, -0.2) is 13.4 Å². The highest BCUT2D eigenvalue weighted by molar-refractivity contribution is 7.98. The number of nitrogens with zero attached hydrogens (tertiary/aromatic N) is 2. The van der Waals surface area contributed by atoms with Gasteiger partial charge in [0.15, 0.2) is 0 Å². The number of phenolic OH excluding ortho intramolecular Hbond substituents is 1. The second-order valence-electron chi connectivity index (χ2n) is 6.49. The standard InChI is InChI=1S/C21H23N3O4S3/c1-3-24(4-2)31(27,28)16-9-10-19(25)18(11-16)23-21(26)17-7-5-6-8-20(17)30-13-15-12-29-14-22-15/h5-12,14,25H,3-4,13H2,1-2H3,(H,23,26). The van der Waals surface area contributed by atoms with Crippen LogP contribution in [0.1, 0.15) is 29.9 Å². The van der Waals surface area contributed by atoms with Crippen molar-refractivity contribution in [3.8, 4) is 5.75 Å². The van der Waals surface area contributed by atoms with E-state index in [4.69, 9.17) is 0 Å². The van der Waals surface area contributed by atoms with Gasteiger partial charge in [-0.1, -0.05) is 26.0 Å². The van der Waals surface area contributed by atoms with E-state index < -0.39 is 15.9 Å². The van der Waals surface area contributed by atoms with E-state index in [9.17, 15) is 18.3 Å². The van der Waals surface area contributed by atoms with Gasteiger partial charge < -0.3 is 10.4 Å². The number of hydrogen-bond donors (Lipinski definition) is 2. The first-order chi connectivity index (χ1) is 14.9. The number of rotatable bonds is 9. The molecule has 0 fully saturated rings. The number of benzene rings is 2. The molecule has 10 heteroatoms. The van der Waals surface area contributed by atoms with Gasteiger partial charge in [0, 0.05) is 29.1 Å². The van der Waals surface area contributed by atoms with E-state index >= 15 is 0 Å². The van der Waals surface area contributed by atoms with Crippen LogP contribution in [0.15, 0.2) is 63.1 Å². The molecule has 1 aromatic heterocycles. The van der Waals surface area contributed by atoms with Crippen LogP contribution in [0.2, 0.25) is 0 Å². The van der Waals surface area contributed by atoms with E-state index in [1.807, 2.05) is 17.5 Å². The smallest absolute Gasteiger partial charge is 0.256 e. The van der Waals surface area contributed by atoms with Gasteiger partial charge in [-0.05, 0) is 30.3 Å². The number of carbonyl (C=O) groups excluding carboxylic acids is 1. The minimum atomic E-state index is -3.72. The Morgan fingerprint density at radius 3 is 2.61 bits per heavy atom. The van der Waals surface area contributed by atoms with Crippen LogP contribution in [-0.2, 0) is 15.8 Å². The molecular formula is C21H23N3O4S3. The van der Waals surface area contributed by atoms with Crippen LogP contribution >= 0.6 is 23.1 Å². The van der Waals surface area contributed by atoms with Crippen molar-refractivity contribution in [2.75, 3.05) is 18.4 Å². The molecule has 3 aromatic rings. The van der Waals surface area contributed by atoms with E-state index in [2.05, 4.69) is 10.3 Å². The number of thioether (sulfide) groups is 1. The first kappa shape index (κ1) is 23.3. The minimum absolute atomic E-state index is 0.00972. The van der Waals surface area contributed by atoms with Crippen molar-refractivity contribution in [1.82, 2.24) is 9.29 Å². The Morgan fingerprint density at radius 1 is 1.19 bits per heavy atom. The lowest BCUT2D eigenvalue weighted by atomic mass is 10.2. The Labute approximate surface area is 190 Å². The van der Waals surface area contributed by atoms with E-state index in [0.29, 0.717) is 24.4 Å². The quantitative estimate of drug-likeness (QED) is 0.350. The number of nitrogens with one attached hydrogen (secondary N) is 1. The third-order valence-corrected chi connectivity index (χ3v) is 8.34. The highest BCUT2D eigenvalue weighted by Crippen LogP contribution is 2.30. The fourth-order valence-electron chi connectivity index (χ4n) is 2.92. The summed E-state index contributed by atoms with van der Waals surface area (Å²) in [5.74, 6) is -0.0232. The van der Waals surface area contributed by atoms with Crippen LogP contribution in [0.25, 0.3) is 0 Å². The van der Waals surface area contributed by atoms with Crippen LogP contribution in [-0.4, -0.2) is 41.8 Å². The molecule has 0 radical (unpaired) electrons. The average Bonchev–Trinajstić information content (AvgIpc) is 3.28. The molecule has 0 unspecified atom stereocenters. The van der Waals surface area contributed by atoms with E-state index in [0.717, 1.165) is 10.6 Å². The molecule has 1 heterocycles. The van der Waals surface area contributed by atoms with Crippen molar-refractivity contribution in [2.24, 2.45) is 0 Å². The maximum Gasteiger partial charge on any atom is 0.256 e. The zero-order chi connectivity index (χ0) is 22.4. The summed E-state index contributed by atoms with van der Waals surface area (Å²) in [5, 5.41) is 14.8. The average molecular weight is 478 g/mol. The van der Waals surface area contributed by atoms with Gasteiger partial charge >= 0.3 is 0 Å². The molecule has 0 aliphatic rings. The SMILES string of the molecule is CCN(CC)S(=O)(=O)c1ccc(O)c(NC(=O)c2ccccc2SCc2cscn2)c1. The summed E-state index contributed by atoms with van der Waals surface area (Å²) in [6, 6.07) is 11.0. The molecule has 31 heavy (non-hydrogen) atoms. The molecule has 3 rings (SSSR count). The third-order valence-electron chi connectivity index (χ3n) is 4.55. The van der Waals surface area contributed by atoms with Crippen LogP contribution < -0.4 is 5.32 Å². The predicted octanol–water partition coefficient (Wildman–Crippen LogP) is 4.42. The van der Waals surface area contributed by atoms with E-state index in [1.165, 1.54) is 45.6 Å². The number of amides is 1. The number of hydrogen-bond acceptors (Lipinski definition) is 7. The van der Waals surface area contributed by atoms with E-state index in [-0.39, 0.29) is 16.3 Å². The maximum absolute atomic E-state index is 12.9. The summed E-state index contributed by atoms with van der Waals surface area (Å²) in [7, 11) is -3.72. The monoisotopic (exact) mass is 477 g/mol. The summed E-state index contributed by atoms with van der Waals surface area (Å²) in [6.45, 7) is 4.16. The van der Waals surface area contributed by atoms with Gasteiger partial charge in [0.25, 0.3) is 5.91 Å². The Hall–Kier alpha value is -2.40. The van der Waals surface area contributed by atoms with Gasteiger partial charge in [0.05, 0.1) is 27.4 Å². The number of sulfonamides is 1. The van der Waals surface area contributed by atoms with Crippen LogP contribution in [0, 0.1) is 0 Å². The molecular weight excluding hydrogens is 454 g/mol. The Morgan fingerprint density at radius 2 is 1.94 bits per heavy atom. The Kier molecular flexibility index (Phi) is 7.71. The van der Waals surface area contributed by atoms with E-state index in [1.54, 1.807) is 31.5 Å². The van der Waals surface area contributed by atoms with Crippen molar-refractivity contribution in [3.63, 3.8) is 0 Å². The normalized spacial score (nSPS) is 11.6. The maximum atomic E-state index is 12.9. The summed E-state index contributed by atoms with van der Waals surface area (Å²) in [5.41, 5.74) is 3.16. The zero-order valence-electron chi connectivity index (χ0n) is 17.1. The molecule has 0 aliphatic heterocycles. The first-order valence-electron chi connectivity index (χ1n) is 9.60. The molecule has 0 spiro atoms. The van der Waals surface area contributed by atoms with Crippen LogP contribution in [0.5, 0.6) is 5.75 Å². The van der Waals surface area contributed by atoms with Crippen molar-refractivity contribution >= 4 is 44.7 Å². The van der Waals surface area contributed by atoms with Gasteiger partial charge in [0.2, 0.25) is 10.0 Å². The second kappa shape index (κ2) is 10.3. The van der Waals surface area contributed by atoms with Crippen LogP contribution in [0.3, 0.4) is 0 Å². The first-order valence-corrected chi connectivity index (χ1v) is 13.0. The number of aromatic nitrogens is 1. The summed E-state index contributed by atoms with van der Waals surface area (Å²) >= 11 is 3.00. The summed E-state index contributed by atoms with van der Waals surface area (Å²) in [4.78, 5) is 18.0. The van der Waals surface area contributed by atoms with Crippen molar-refractivity contribution in [1.29, 1.82) is 0 Å². The largest absolute Gasteiger partial charge is 0.506 e. The minimum Gasteiger partial charge on any atom is -0.506 e. The summed E-state index contributed by atoms with van der Waals surface area (Å²) in [6.07, 6.45) is 0.